The number of carbonyl (C=O) groups excluding carboxylic acids is 2. The molecule has 3 aliphatic rings. The monoisotopic (exact) mass is 977 g/mol. The number of aryl methyl sites for hydroxylation is 3. The number of halogens is 1. The minimum atomic E-state index is -2.78. The van der Waals surface area contributed by atoms with E-state index in [9.17, 15) is 18.9 Å². The maximum Gasteiger partial charge on any atom is 0.329 e. The van der Waals surface area contributed by atoms with Crippen molar-refractivity contribution >= 4 is 91.0 Å². The Morgan fingerprint density at radius 3 is 2.42 bits per heavy atom. The highest BCUT2D eigenvalue weighted by atomic mass is 79.9. The average molecular weight is 979 g/mol. The predicted molar refractivity (Wildman–Crippen MR) is 264 cm³/mol. The lowest BCUT2D eigenvalue weighted by Crippen LogP contribution is -2.47. The van der Waals surface area contributed by atoms with Crippen molar-refractivity contribution in [1.29, 1.82) is 0 Å². The molecule has 0 bridgehead atoms. The quantitative estimate of drug-likeness (QED) is 0.0819. The number of carbonyl (C=O) groups is 2. The summed E-state index contributed by atoms with van der Waals surface area (Å²) < 4.78 is 23.5. The standard InChI is InChI=1S/C48H57BrN11O5P/c1-7-40-50-27-31-33(52-40)11-12-34(43(31)66(5,6)64)53-44-32(49)28-51-46(56-44)54-35-25-29(2)38(26-39(35)65-4)59-23-18-48(19-24-59)16-21-58(22-17-48)20-15-30-9-8-10-36-42(30)57(3)47(63)60(36)37-13-14-41(61)55-45(37)62/h8-12,25-28,37H,7,13-24H2,1-6H3,(H,55,61,62)(H2,51,53,54,56). The van der Waals surface area contributed by atoms with E-state index in [1.54, 1.807) is 49.0 Å². The Morgan fingerprint density at radius 2 is 1.71 bits per heavy atom. The number of benzene rings is 3. The van der Waals surface area contributed by atoms with E-state index >= 15 is 0 Å². The Hall–Kier alpha value is -5.64. The van der Waals surface area contributed by atoms with Crippen LogP contribution in [-0.4, -0.2) is 98.9 Å². The van der Waals surface area contributed by atoms with E-state index in [0.29, 0.717) is 51.2 Å². The van der Waals surface area contributed by atoms with Gasteiger partial charge in [-0.15, -0.1) is 0 Å². The second kappa shape index (κ2) is 18.2. The number of hydrogen-bond acceptors (Lipinski definition) is 13. The van der Waals surface area contributed by atoms with Crippen LogP contribution >= 0.6 is 23.1 Å². The number of nitrogens with zero attached hydrogens (tertiary/aromatic N) is 8. The van der Waals surface area contributed by atoms with E-state index in [1.165, 1.54) is 0 Å². The molecule has 1 spiro atoms. The number of anilines is 5. The summed E-state index contributed by atoms with van der Waals surface area (Å²) in [6.07, 6.45) is 10.0. The smallest absolute Gasteiger partial charge is 0.329 e. The molecule has 0 radical (unpaired) electrons. The van der Waals surface area contributed by atoms with Crippen molar-refractivity contribution in [3.05, 3.63) is 86.8 Å². The van der Waals surface area contributed by atoms with Gasteiger partial charge in [0.15, 0.2) is 0 Å². The minimum absolute atomic E-state index is 0.218. The van der Waals surface area contributed by atoms with Gasteiger partial charge in [0.1, 0.15) is 30.6 Å². The third kappa shape index (κ3) is 8.84. The Bertz CT molecular complexity index is 2980. The van der Waals surface area contributed by atoms with Crippen LogP contribution in [0.15, 0.2) is 64.1 Å². The van der Waals surface area contributed by atoms with Crippen LogP contribution in [0.2, 0.25) is 0 Å². The molecule has 18 heteroatoms. The Balaban J connectivity index is 0.832. The number of ether oxygens (including phenoxy) is 1. The number of methoxy groups -OCH3 is 1. The molecule has 3 aromatic heterocycles. The number of hydrogen-bond donors (Lipinski definition) is 3. The fraction of sp³-hybridized carbons (Fsp3) is 0.438. The number of likely N-dealkylation sites (tertiary alicyclic amines) is 1. The maximum absolute atomic E-state index is 13.7. The highest BCUT2D eigenvalue weighted by Crippen LogP contribution is 2.45. The molecule has 3 aliphatic heterocycles. The van der Waals surface area contributed by atoms with Crippen molar-refractivity contribution in [2.24, 2.45) is 12.5 Å². The molecule has 3 fully saturated rings. The summed E-state index contributed by atoms with van der Waals surface area (Å²) in [5.41, 5.74) is 7.20. The highest BCUT2D eigenvalue weighted by Gasteiger charge is 2.38. The van der Waals surface area contributed by atoms with Crippen molar-refractivity contribution in [3.8, 4) is 5.75 Å². The normalized spacial score (nSPS) is 18.0. The average Bonchev–Trinajstić information content (AvgIpc) is 3.55. The van der Waals surface area contributed by atoms with Gasteiger partial charge in [-0.2, -0.15) is 4.98 Å². The molecule has 1 atom stereocenters. The lowest BCUT2D eigenvalue weighted by molar-refractivity contribution is -0.135. The lowest BCUT2D eigenvalue weighted by Gasteiger charge is -2.47. The molecular formula is C48H57BrN11O5P. The maximum atomic E-state index is 13.7. The molecule has 0 aliphatic carbocycles. The van der Waals surface area contributed by atoms with Crippen LogP contribution in [0, 0.1) is 12.3 Å². The van der Waals surface area contributed by atoms with Gasteiger partial charge in [0, 0.05) is 74.4 Å². The molecule has 6 heterocycles. The first-order valence-corrected chi connectivity index (χ1v) is 26.1. The lowest BCUT2D eigenvalue weighted by atomic mass is 9.71. The zero-order valence-electron chi connectivity index (χ0n) is 38.4. The summed E-state index contributed by atoms with van der Waals surface area (Å²) in [5, 5.41) is 10.6. The molecule has 6 aromatic rings. The van der Waals surface area contributed by atoms with E-state index in [0.717, 1.165) is 115 Å². The number of nitrogens with one attached hydrogen (secondary N) is 3. The molecule has 66 heavy (non-hydrogen) atoms. The first kappa shape index (κ1) is 45.5. The number of imide groups is 1. The second-order valence-electron chi connectivity index (χ2n) is 18.4. The number of imidazole rings is 1. The SMILES string of the molecule is CCc1ncc2c(P(C)(C)=O)c(Nc3nc(Nc4cc(C)c(N5CCC6(CCN(CCc7cccc8c7n(C)c(=O)n8C7CCC(=O)NC7=O)CC6)CC5)cc4OC)ncc3Br)ccc2n1. The third-order valence-electron chi connectivity index (χ3n) is 13.9. The van der Waals surface area contributed by atoms with E-state index in [-0.39, 0.29) is 18.0 Å². The fourth-order valence-corrected chi connectivity index (χ4v) is 12.0. The minimum Gasteiger partial charge on any atom is -0.494 e. The largest absolute Gasteiger partial charge is 0.494 e. The Labute approximate surface area is 392 Å². The van der Waals surface area contributed by atoms with Gasteiger partial charge in [-0.05, 0) is 129 Å². The topological polar surface area (TPSA) is 181 Å². The highest BCUT2D eigenvalue weighted by molar-refractivity contribution is 9.10. The van der Waals surface area contributed by atoms with Crippen molar-refractivity contribution in [2.45, 2.75) is 71.3 Å². The summed E-state index contributed by atoms with van der Waals surface area (Å²) in [4.78, 5) is 61.6. The predicted octanol–water partition coefficient (Wildman–Crippen LogP) is 7.35. The van der Waals surface area contributed by atoms with Crippen molar-refractivity contribution in [1.82, 2.24) is 39.3 Å². The van der Waals surface area contributed by atoms with Gasteiger partial charge in [-0.25, -0.2) is 19.7 Å². The molecule has 346 valence electrons. The van der Waals surface area contributed by atoms with Crippen LogP contribution in [0.25, 0.3) is 21.9 Å². The second-order valence-corrected chi connectivity index (χ2v) is 22.4. The third-order valence-corrected chi connectivity index (χ3v) is 16.0. The molecule has 1 unspecified atom stereocenters. The summed E-state index contributed by atoms with van der Waals surface area (Å²) in [6, 6.07) is 13.3. The number of aromatic nitrogens is 6. The van der Waals surface area contributed by atoms with Crippen LogP contribution in [0.5, 0.6) is 5.75 Å². The van der Waals surface area contributed by atoms with E-state index in [1.807, 2.05) is 31.2 Å². The zero-order valence-corrected chi connectivity index (χ0v) is 40.9. The van der Waals surface area contributed by atoms with Crippen LogP contribution in [0.3, 0.4) is 0 Å². The van der Waals surface area contributed by atoms with E-state index < -0.39 is 19.1 Å². The number of rotatable bonds is 12. The van der Waals surface area contributed by atoms with E-state index in [2.05, 4.69) is 81.8 Å². The number of fused-ring (bicyclic) bond motifs is 2. The van der Waals surface area contributed by atoms with Crippen molar-refractivity contribution in [3.63, 3.8) is 0 Å². The van der Waals surface area contributed by atoms with Crippen LogP contribution in [0.4, 0.5) is 28.8 Å². The summed E-state index contributed by atoms with van der Waals surface area (Å²) >= 11 is 3.61. The summed E-state index contributed by atoms with van der Waals surface area (Å²) in [7, 11) is 0.666. The molecule has 2 amide bonds. The molecule has 16 nitrogen and oxygen atoms in total. The summed E-state index contributed by atoms with van der Waals surface area (Å²) in [5.74, 6) is 1.60. The van der Waals surface area contributed by atoms with Crippen LogP contribution in [0.1, 0.15) is 68.4 Å². The van der Waals surface area contributed by atoms with E-state index in [4.69, 9.17) is 9.72 Å². The van der Waals surface area contributed by atoms with Crippen molar-refractivity contribution < 1.29 is 18.9 Å². The zero-order chi connectivity index (χ0) is 46.5. The molecule has 9 rings (SSSR count). The summed E-state index contributed by atoms with van der Waals surface area (Å²) in [6.45, 7) is 12.5. The molecular weight excluding hydrogens is 921 g/mol. The Kier molecular flexibility index (Phi) is 12.6. The van der Waals surface area contributed by atoms with Gasteiger partial charge in [-0.1, -0.05) is 19.1 Å². The van der Waals surface area contributed by atoms with Gasteiger partial charge in [0.25, 0.3) is 0 Å². The Morgan fingerprint density at radius 1 is 0.955 bits per heavy atom. The number of amides is 2. The van der Waals surface area contributed by atoms with Crippen molar-refractivity contribution in [2.75, 3.05) is 68.7 Å². The number of para-hydroxylation sites is 1. The first-order chi connectivity index (χ1) is 31.6. The molecule has 3 N–H and O–H groups in total. The van der Waals surface area contributed by atoms with Gasteiger partial charge >= 0.3 is 5.69 Å². The van der Waals surface area contributed by atoms with Gasteiger partial charge in [0.05, 0.1) is 39.5 Å². The van der Waals surface area contributed by atoms with Gasteiger partial charge in [-0.3, -0.25) is 24.0 Å². The fourth-order valence-electron chi connectivity index (χ4n) is 10.2. The molecule has 3 aromatic carbocycles. The van der Waals surface area contributed by atoms with Gasteiger partial charge < -0.3 is 29.7 Å². The number of piperidine rings is 3. The first-order valence-electron chi connectivity index (χ1n) is 22.7. The van der Waals surface area contributed by atoms with Gasteiger partial charge in [0.2, 0.25) is 17.8 Å². The molecule has 0 saturated carbocycles. The molecule has 3 saturated heterocycles. The van der Waals surface area contributed by atoms with Crippen LogP contribution in [-0.2, 0) is 34.0 Å². The van der Waals surface area contributed by atoms with Crippen LogP contribution < -0.4 is 36.6 Å².